The molecule has 0 unspecified atom stereocenters. The van der Waals surface area contributed by atoms with Crippen LogP contribution in [0.25, 0.3) is 111 Å². The molecule has 12 aromatic rings. The third-order valence-corrected chi connectivity index (χ3v) is 11.2. The SMILES string of the molecule is c1ccc(-c2nc(-c3ccccc3)nc(-c3ccc4c(c3)oc3cccc(-n5c6ccccc6c6cc7c8ccccc8n(-c8ccccc8)c7cc65)c34)n2)cc1. The summed E-state index contributed by atoms with van der Waals surface area (Å²) in [5.74, 6) is 1.84. The molecule has 4 heterocycles. The minimum atomic E-state index is 0.588. The van der Waals surface area contributed by atoms with Gasteiger partial charge in [0.1, 0.15) is 11.2 Å². The molecule has 4 aromatic heterocycles. The monoisotopic (exact) mass is 729 g/mol. The molecule has 0 atom stereocenters. The van der Waals surface area contributed by atoms with Crippen LogP contribution >= 0.6 is 0 Å². The quantitative estimate of drug-likeness (QED) is 0.177. The molecule has 12 rings (SSSR count). The van der Waals surface area contributed by atoms with E-state index in [2.05, 4.69) is 137 Å². The molecule has 57 heavy (non-hydrogen) atoms. The average Bonchev–Trinajstić information content (AvgIpc) is 3.93. The van der Waals surface area contributed by atoms with Crippen LogP contribution in [0.4, 0.5) is 0 Å². The van der Waals surface area contributed by atoms with Crippen molar-refractivity contribution in [2.45, 2.75) is 0 Å². The lowest BCUT2D eigenvalue weighted by atomic mass is 10.1. The molecule has 6 nitrogen and oxygen atoms in total. The maximum atomic E-state index is 6.71. The third-order valence-electron chi connectivity index (χ3n) is 11.2. The van der Waals surface area contributed by atoms with Gasteiger partial charge in [-0.1, -0.05) is 127 Å². The number of rotatable bonds is 5. The van der Waals surface area contributed by atoms with Crippen LogP contribution in [0.15, 0.2) is 192 Å². The lowest BCUT2D eigenvalue weighted by molar-refractivity contribution is 0.669. The van der Waals surface area contributed by atoms with Gasteiger partial charge in [-0.2, -0.15) is 0 Å². The lowest BCUT2D eigenvalue weighted by Crippen LogP contribution is -2.00. The van der Waals surface area contributed by atoms with E-state index in [1.165, 1.54) is 27.1 Å². The number of nitrogens with zero attached hydrogens (tertiary/aromatic N) is 5. The second kappa shape index (κ2) is 12.3. The molecule has 0 N–H and O–H groups in total. The van der Waals surface area contributed by atoms with Crippen LogP contribution in [0.3, 0.4) is 0 Å². The van der Waals surface area contributed by atoms with Crippen molar-refractivity contribution in [3.8, 4) is 45.5 Å². The predicted octanol–water partition coefficient (Wildman–Crippen LogP) is 13.0. The van der Waals surface area contributed by atoms with E-state index in [1.54, 1.807) is 0 Å². The van der Waals surface area contributed by atoms with E-state index in [0.29, 0.717) is 17.5 Å². The van der Waals surface area contributed by atoms with Crippen molar-refractivity contribution in [1.29, 1.82) is 0 Å². The van der Waals surface area contributed by atoms with E-state index in [4.69, 9.17) is 19.4 Å². The summed E-state index contributed by atoms with van der Waals surface area (Å²) < 4.78 is 11.5. The Morgan fingerprint density at radius 3 is 1.53 bits per heavy atom. The Balaban J connectivity index is 1.09. The van der Waals surface area contributed by atoms with E-state index >= 15 is 0 Å². The molecule has 0 radical (unpaired) electrons. The van der Waals surface area contributed by atoms with Gasteiger partial charge < -0.3 is 13.6 Å². The first-order valence-corrected chi connectivity index (χ1v) is 19.1. The molecule has 0 saturated carbocycles. The maximum absolute atomic E-state index is 6.71. The van der Waals surface area contributed by atoms with Crippen molar-refractivity contribution < 1.29 is 4.42 Å². The first kappa shape index (κ1) is 31.5. The summed E-state index contributed by atoms with van der Waals surface area (Å²) in [7, 11) is 0. The van der Waals surface area contributed by atoms with Crippen molar-refractivity contribution in [2.24, 2.45) is 0 Å². The van der Waals surface area contributed by atoms with Crippen LogP contribution in [0, 0.1) is 0 Å². The van der Waals surface area contributed by atoms with Crippen molar-refractivity contribution >= 4 is 65.6 Å². The van der Waals surface area contributed by atoms with E-state index in [-0.39, 0.29) is 0 Å². The van der Waals surface area contributed by atoms with Gasteiger partial charge in [-0.15, -0.1) is 0 Å². The fourth-order valence-electron chi connectivity index (χ4n) is 8.62. The standard InChI is InChI=1S/C51H31N5O/c1-4-15-32(16-5-1)49-52-50(33-17-6-2-7-18-33)54-51(53-49)34-27-28-38-47(29-34)57-46-26-14-25-43(48(38)46)56-42-24-13-11-22-37(42)40-30-39-36-21-10-12-23-41(36)55(44(39)31-45(40)56)35-19-8-3-9-20-35/h1-31H. The third kappa shape index (κ3) is 4.87. The largest absolute Gasteiger partial charge is 0.456 e. The highest BCUT2D eigenvalue weighted by Crippen LogP contribution is 2.42. The van der Waals surface area contributed by atoms with Gasteiger partial charge >= 0.3 is 0 Å². The Hall–Kier alpha value is -7.83. The molecular formula is C51H31N5O. The highest BCUT2D eigenvalue weighted by Gasteiger charge is 2.22. The number of hydrogen-bond donors (Lipinski definition) is 0. The van der Waals surface area contributed by atoms with Crippen LogP contribution in [0.5, 0.6) is 0 Å². The Morgan fingerprint density at radius 2 is 0.877 bits per heavy atom. The molecule has 0 amide bonds. The number of para-hydroxylation sites is 3. The highest BCUT2D eigenvalue weighted by molar-refractivity contribution is 6.20. The summed E-state index contributed by atoms with van der Waals surface area (Å²) >= 11 is 0. The number of aromatic nitrogens is 5. The number of fused-ring (bicyclic) bond motifs is 9. The molecule has 0 spiro atoms. The van der Waals surface area contributed by atoms with Gasteiger partial charge in [-0.25, -0.2) is 15.0 Å². The molecule has 0 saturated heterocycles. The molecule has 0 aliphatic rings. The topological polar surface area (TPSA) is 61.7 Å². The summed E-state index contributed by atoms with van der Waals surface area (Å²) in [5.41, 5.74) is 11.1. The van der Waals surface area contributed by atoms with Gasteiger partial charge in [0.25, 0.3) is 0 Å². The fraction of sp³-hybridized carbons (Fsp3) is 0. The fourth-order valence-corrected chi connectivity index (χ4v) is 8.62. The van der Waals surface area contributed by atoms with E-state index in [9.17, 15) is 0 Å². The van der Waals surface area contributed by atoms with Gasteiger partial charge in [0.05, 0.1) is 33.1 Å². The number of benzene rings is 8. The smallest absolute Gasteiger partial charge is 0.164 e. The normalized spacial score (nSPS) is 11.9. The molecule has 0 fully saturated rings. The van der Waals surface area contributed by atoms with Crippen molar-refractivity contribution in [3.63, 3.8) is 0 Å². The van der Waals surface area contributed by atoms with Crippen molar-refractivity contribution in [3.05, 3.63) is 188 Å². The molecule has 0 aliphatic heterocycles. The zero-order valence-electron chi connectivity index (χ0n) is 30.5. The van der Waals surface area contributed by atoms with Crippen LogP contribution in [-0.2, 0) is 0 Å². The summed E-state index contributed by atoms with van der Waals surface area (Å²) in [5, 5.41) is 6.95. The van der Waals surface area contributed by atoms with Gasteiger partial charge in [0.2, 0.25) is 0 Å². The summed E-state index contributed by atoms with van der Waals surface area (Å²) in [4.78, 5) is 14.9. The first-order chi connectivity index (χ1) is 28.3. The van der Waals surface area contributed by atoms with Crippen LogP contribution in [-0.4, -0.2) is 24.1 Å². The van der Waals surface area contributed by atoms with Crippen molar-refractivity contribution in [1.82, 2.24) is 24.1 Å². The summed E-state index contributed by atoms with van der Waals surface area (Å²) in [6, 6.07) is 65.6. The zero-order valence-corrected chi connectivity index (χ0v) is 30.5. The number of hydrogen-bond acceptors (Lipinski definition) is 4. The van der Waals surface area contributed by atoms with Gasteiger partial charge in [-0.3, -0.25) is 0 Å². The molecule has 0 aliphatic carbocycles. The molecule has 266 valence electrons. The molecule has 8 aromatic carbocycles. The second-order valence-electron chi connectivity index (χ2n) is 14.4. The van der Waals surface area contributed by atoms with E-state index in [0.717, 1.165) is 66.6 Å². The molecule has 0 bridgehead atoms. The maximum Gasteiger partial charge on any atom is 0.164 e. The molecule has 6 heteroatoms. The summed E-state index contributed by atoms with van der Waals surface area (Å²) in [6.45, 7) is 0. The Kier molecular flexibility index (Phi) is 6.83. The Labute approximate surface area is 326 Å². The second-order valence-corrected chi connectivity index (χ2v) is 14.4. The van der Waals surface area contributed by atoms with Crippen LogP contribution in [0.2, 0.25) is 0 Å². The number of furan rings is 1. The lowest BCUT2D eigenvalue weighted by Gasteiger charge is -2.11. The minimum absolute atomic E-state index is 0.588. The van der Waals surface area contributed by atoms with E-state index < -0.39 is 0 Å². The van der Waals surface area contributed by atoms with Gasteiger partial charge in [0.15, 0.2) is 17.5 Å². The summed E-state index contributed by atoms with van der Waals surface area (Å²) in [6.07, 6.45) is 0. The van der Waals surface area contributed by atoms with E-state index in [1.807, 2.05) is 60.7 Å². The molecular weight excluding hydrogens is 699 g/mol. The first-order valence-electron chi connectivity index (χ1n) is 19.1. The Bertz CT molecular complexity index is 3450. The zero-order chi connectivity index (χ0) is 37.5. The highest BCUT2D eigenvalue weighted by atomic mass is 16.3. The van der Waals surface area contributed by atoms with Crippen LogP contribution in [0.1, 0.15) is 0 Å². The van der Waals surface area contributed by atoms with Crippen LogP contribution < -0.4 is 0 Å². The van der Waals surface area contributed by atoms with Gasteiger partial charge in [-0.05, 0) is 60.7 Å². The minimum Gasteiger partial charge on any atom is -0.456 e. The average molecular weight is 730 g/mol. The predicted molar refractivity (Wildman–Crippen MR) is 232 cm³/mol. The van der Waals surface area contributed by atoms with Gasteiger partial charge in [0, 0.05) is 49.3 Å². The van der Waals surface area contributed by atoms with Crippen molar-refractivity contribution in [2.75, 3.05) is 0 Å². The Morgan fingerprint density at radius 1 is 0.333 bits per heavy atom.